The molecule has 122 valence electrons. The minimum absolute atomic E-state index is 0.507. The zero-order valence-corrected chi connectivity index (χ0v) is 13.4. The van der Waals surface area contributed by atoms with Crippen LogP contribution in [0.5, 0.6) is 5.75 Å². The second-order valence-electron chi connectivity index (χ2n) is 6.10. The first kappa shape index (κ1) is 15.0. The predicted molar refractivity (Wildman–Crippen MR) is 91.7 cm³/mol. The lowest BCUT2D eigenvalue weighted by molar-refractivity contribution is 0.306. The third-order valence-corrected chi connectivity index (χ3v) is 4.35. The van der Waals surface area contributed by atoms with Crippen molar-refractivity contribution in [3.8, 4) is 5.75 Å². The third-order valence-electron chi connectivity index (χ3n) is 4.35. The van der Waals surface area contributed by atoms with E-state index in [4.69, 9.17) is 9.15 Å². The van der Waals surface area contributed by atoms with Gasteiger partial charge in [-0.3, -0.25) is 0 Å². The number of rotatable bonds is 7. The van der Waals surface area contributed by atoms with Crippen LogP contribution < -0.4 is 10.1 Å². The fourth-order valence-electron chi connectivity index (χ4n) is 2.90. The zero-order chi connectivity index (χ0) is 16.2. The van der Waals surface area contributed by atoms with Gasteiger partial charge in [0.05, 0.1) is 12.7 Å². The molecule has 0 bridgehead atoms. The highest BCUT2D eigenvalue weighted by molar-refractivity contribution is 5.34. The number of hydrogen-bond acceptors (Lipinski definition) is 4. The molecular weight excluding hydrogens is 300 g/mol. The molecule has 0 amide bonds. The van der Waals surface area contributed by atoms with Gasteiger partial charge < -0.3 is 14.5 Å². The van der Waals surface area contributed by atoms with Crippen LogP contribution in [0.15, 0.2) is 71.5 Å². The molecule has 1 heterocycles. The van der Waals surface area contributed by atoms with Crippen molar-refractivity contribution in [2.45, 2.75) is 31.5 Å². The van der Waals surface area contributed by atoms with Crippen molar-refractivity contribution in [3.05, 3.63) is 84.1 Å². The van der Waals surface area contributed by atoms with Crippen LogP contribution in [-0.4, -0.2) is 11.0 Å². The van der Waals surface area contributed by atoms with E-state index in [1.165, 1.54) is 11.1 Å². The highest BCUT2D eigenvalue weighted by atomic mass is 16.5. The average Bonchev–Trinajstić information content (AvgIpc) is 3.23. The molecule has 0 aliphatic heterocycles. The number of nitrogens with zero attached hydrogens (tertiary/aromatic N) is 1. The van der Waals surface area contributed by atoms with Crippen LogP contribution in [0.2, 0.25) is 0 Å². The Kier molecular flexibility index (Phi) is 4.30. The summed E-state index contributed by atoms with van der Waals surface area (Å²) in [6, 6.07) is 19.2. The molecule has 0 saturated heterocycles. The normalized spacial score (nSPS) is 19.2. The number of oxazole rings is 1. The maximum Gasteiger partial charge on any atom is 0.207 e. The summed E-state index contributed by atoms with van der Waals surface area (Å²) in [7, 11) is 0. The molecule has 2 aromatic carbocycles. The highest BCUT2D eigenvalue weighted by Gasteiger charge is 2.37. The molecule has 2 atom stereocenters. The van der Waals surface area contributed by atoms with Gasteiger partial charge in [-0.15, -0.1) is 0 Å². The van der Waals surface area contributed by atoms with E-state index in [1.807, 2.05) is 18.2 Å². The topological polar surface area (TPSA) is 47.3 Å². The predicted octanol–water partition coefficient (Wildman–Crippen LogP) is 3.90. The third kappa shape index (κ3) is 3.66. The van der Waals surface area contributed by atoms with Gasteiger partial charge in [-0.25, -0.2) is 4.98 Å². The first-order chi connectivity index (χ1) is 11.9. The van der Waals surface area contributed by atoms with Gasteiger partial charge in [0.1, 0.15) is 18.6 Å². The Labute approximate surface area is 141 Å². The van der Waals surface area contributed by atoms with Gasteiger partial charge in [0.25, 0.3) is 0 Å². The molecule has 0 spiro atoms. The first-order valence-electron chi connectivity index (χ1n) is 8.27. The second kappa shape index (κ2) is 6.89. The summed E-state index contributed by atoms with van der Waals surface area (Å²) in [5.41, 5.74) is 2.53. The molecule has 0 radical (unpaired) electrons. The number of ether oxygens (including phenoxy) is 1. The number of aromatic nitrogens is 1. The minimum atomic E-state index is 0.507. The molecule has 1 aromatic heterocycles. The van der Waals surface area contributed by atoms with Crippen LogP contribution in [0.1, 0.15) is 29.4 Å². The molecule has 1 N–H and O–H groups in total. The summed E-state index contributed by atoms with van der Waals surface area (Å²) in [6.45, 7) is 1.29. The molecule has 1 aliphatic rings. The van der Waals surface area contributed by atoms with Gasteiger partial charge in [0.15, 0.2) is 0 Å². The lowest BCUT2D eigenvalue weighted by Gasteiger charge is -2.07. The van der Waals surface area contributed by atoms with Gasteiger partial charge in [0, 0.05) is 12.0 Å². The molecule has 3 aromatic rings. The lowest BCUT2D eigenvalue weighted by atomic mass is 10.1. The molecular formula is C20H20N2O2. The van der Waals surface area contributed by atoms with E-state index in [0.29, 0.717) is 25.1 Å². The SMILES string of the molecule is c1ccc(COc2ccc(C3CC3NCc3ncco3)cc2)cc1. The summed E-state index contributed by atoms with van der Waals surface area (Å²) in [6.07, 6.45) is 4.44. The monoisotopic (exact) mass is 320 g/mol. The maximum atomic E-state index is 5.83. The van der Waals surface area contributed by atoms with Gasteiger partial charge in [-0.1, -0.05) is 42.5 Å². The molecule has 24 heavy (non-hydrogen) atoms. The minimum Gasteiger partial charge on any atom is -0.489 e. The van der Waals surface area contributed by atoms with Crippen molar-refractivity contribution in [1.82, 2.24) is 10.3 Å². The average molecular weight is 320 g/mol. The van der Waals surface area contributed by atoms with Crippen molar-refractivity contribution in [2.75, 3.05) is 0 Å². The van der Waals surface area contributed by atoms with Crippen molar-refractivity contribution >= 4 is 0 Å². The number of nitrogens with one attached hydrogen (secondary N) is 1. The highest BCUT2D eigenvalue weighted by Crippen LogP contribution is 2.41. The maximum absolute atomic E-state index is 5.83. The van der Waals surface area contributed by atoms with E-state index in [2.05, 4.69) is 46.7 Å². The fourth-order valence-corrected chi connectivity index (χ4v) is 2.90. The van der Waals surface area contributed by atoms with E-state index in [-0.39, 0.29) is 0 Å². The Morgan fingerprint density at radius 3 is 2.67 bits per heavy atom. The van der Waals surface area contributed by atoms with Crippen LogP contribution in [0.4, 0.5) is 0 Å². The summed E-state index contributed by atoms with van der Waals surface area (Å²) in [5.74, 6) is 2.22. The van der Waals surface area contributed by atoms with E-state index in [0.717, 1.165) is 18.1 Å². The lowest BCUT2D eigenvalue weighted by Crippen LogP contribution is -2.17. The fraction of sp³-hybridized carbons (Fsp3) is 0.250. The summed E-state index contributed by atoms with van der Waals surface area (Å²) in [5, 5.41) is 3.48. The molecule has 2 unspecified atom stereocenters. The van der Waals surface area contributed by atoms with Crippen molar-refractivity contribution in [3.63, 3.8) is 0 Å². The quantitative estimate of drug-likeness (QED) is 0.717. The number of benzene rings is 2. The van der Waals surface area contributed by atoms with Crippen LogP contribution in [0.25, 0.3) is 0 Å². The Bertz CT molecular complexity index is 754. The molecule has 4 nitrogen and oxygen atoms in total. The van der Waals surface area contributed by atoms with Crippen molar-refractivity contribution in [2.24, 2.45) is 0 Å². The summed E-state index contributed by atoms with van der Waals surface area (Å²) >= 11 is 0. The van der Waals surface area contributed by atoms with Crippen LogP contribution in [0, 0.1) is 0 Å². The summed E-state index contributed by atoms with van der Waals surface area (Å²) in [4.78, 5) is 4.13. The second-order valence-corrected chi connectivity index (χ2v) is 6.10. The Hall–Kier alpha value is -2.59. The molecule has 1 fully saturated rings. The van der Waals surface area contributed by atoms with E-state index in [1.54, 1.807) is 12.5 Å². The van der Waals surface area contributed by atoms with Gasteiger partial charge >= 0.3 is 0 Å². The van der Waals surface area contributed by atoms with E-state index < -0.39 is 0 Å². The Morgan fingerprint density at radius 1 is 1.08 bits per heavy atom. The molecule has 1 aliphatic carbocycles. The largest absolute Gasteiger partial charge is 0.489 e. The van der Waals surface area contributed by atoms with Gasteiger partial charge in [-0.2, -0.15) is 0 Å². The van der Waals surface area contributed by atoms with E-state index >= 15 is 0 Å². The van der Waals surface area contributed by atoms with E-state index in [9.17, 15) is 0 Å². The molecule has 4 rings (SSSR count). The van der Waals surface area contributed by atoms with Crippen LogP contribution in [-0.2, 0) is 13.2 Å². The van der Waals surface area contributed by atoms with Crippen molar-refractivity contribution < 1.29 is 9.15 Å². The van der Waals surface area contributed by atoms with Gasteiger partial charge in [0.2, 0.25) is 5.89 Å². The standard InChI is InChI=1S/C20H20N2O2/c1-2-4-15(5-3-1)14-24-17-8-6-16(7-9-17)18-12-19(18)22-13-20-21-10-11-23-20/h1-11,18-19,22H,12-14H2. The molecule has 4 heteroatoms. The summed E-state index contributed by atoms with van der Waals surface area (Å²) < 4.78 is 11.1. The Morgan fingerprint density at radius 2 is 1.92 bits per heavy atom. The smallest absolute Gasteiger partial charge is 0.207 e. The van der Waals surface area contributed by atoms with Gasteiger partial charge in [-0.05, 0) is 29.7 Å². The molecule has 1 saturated carbocycles. The zero-order valence-electron chi connectivity index (χ0n) is 13.4. The first-order valence-corrected chi connectivity index (χ1v) is 8.27. The number of hydrogen-bond donors (Lipinski definition) is 1. The van der Waals surface area contributed by atoms with Crippen LogP contribution >= 0.6 is 0 Å². The van der Waals surface area contributed by atoms with Crippen LogP contribution in [0.3, 0.4) is 0 Å². The Balaban J connectivity index is 1.27. The van der Waals surface area contributed by atoms with Crippen molar-refractivity contribution in [1.29, 1.82) is 0 Å².